The largest absolute Gasteiger partial charge is 0.338 e. The topological polar surface area (TPSA) is 69.7 Å². The Kier molecular flexibility index (Phi) is 4.50. The SMILES string of the molecule is CC[C@H]1CCCCN1C(=O)CN1C(=O)N[C@]2(CCCc3sccc32)C1=O. The second-order valence-electron chi connectivity index (χ2n) is 7.48. The van der Waals surface area contributed by atoms with Crippen molar-refractivity contribution in [1.29, 1.82) is 0 Å². The maximum Gasteiger partial charge on any atom is 0.325 e. The lowest BCUT2D eigenvalue weighted by molar-refractivity contribution is -0.141. The van der Waals surface area contributed by atoms with Crippen LogP contribution in [-0.2, 0) is 21.5 Å². The molecule has 4 rings (SSSR count). The number of hydrogen-bond donors (Lipinski definition) is 1. The fourth-order valence-electron chi connectivity index (χ4n) is 4.66. The Balaban J connectivity index is 1.55. The van der Waals surface area contributed by atoms with Crippen LogP contribution in [0.5, 0.6) is 0 Å². The minimum Gasteiger partial charge on any atom is -0.338 e. The van der Waals surface area contributed by atoms with Gasteiger partial charge in [-0.05, 0) is 56.4 Å². The van der Waals surface area contributed by atoms with Gasteiger partial charge in [-0.15, -0.1) is 11.3 Å². The first-order valence-electron chi connectivity index (χ1n) is 9.57. The van der Waals surface area contributed by atoms with E-state index in [1.807, 2.05) is 16.3 Å². The minimum absolute atomic E-state index is 0.113. The summed E-state index contributed by atoms with van der Waals surface area (Å²) in [6, 6.07) is 1.73. The van der Waals surface area contributed by atoms with Gasteiger partial charge < -0.3 is 10.2 Å². The van der Waals surface area contributed by atoms with Crippen molar-refractivity contribution >= 4 is 29.2 Å². The summed E-state index contributed by atoms with van der Waals surface area (Å²) in [5, 5.41) is 4.90. The van der Waals surface area contributed by atoms with Gasteiger partial charge in [0.05, 0.1) is 0 Å². The quantitative estimate of drug-likeness (QED) is 0.826. The lowest BCUT2D eigenvalue weighted by Gasteiger charge is -2.36. The molecule has 1 aromatic heterocycles. The highest BCUT2D eigenvalue weighted by atomic mass is 32.1. The molecule has 2 fully saturated rings. The van der Waals surface area contributed by atoms with Crippen LogP contribution in [0.2, 0.25) is 0 Å². The molecule has 0 bridgehead atoms. The first-order chi connectivity index (χ1) is 12.6. The second kappa shape index (κ2) is 6.68. The van der Waals surface area contributed by atoms with Crippen LogP contribution in [0.15, 0.2) is 11.4 Å². The fraction of sp³-hybridized carbons (Fsp3) is 0.632. The Bertz CT molecular complexity index is 746. The van der Waals surface area contributed by atoms with Gasteiger partial charge in [-0.1, -0.05) is 6.92 Å². The number of urea groups is 1. The summed E-state index contributed by atoms with van der Waals surface area (Å²) in [6.07, 6.45) is 6.46. The lowest BCUT2D eigenvalue weighted by Crippen LogP contribution is -2.50. The number of carbonyl (C=O) groups excluding carboxylic acids is 3. The standard InChI is InChI=1S/C19H25N3O3S/c1-2-13-6-3-4-10-21(13)16(23)12-22-17(24)19(20-18(22)25)9-5-7-15-14(19)8-11-26-15/h8,11,13H,2-7,9-10,12H2,1H3,(H,20,25)/t13-,19-/m0/s1. The number of nitrogens with zero attached hydrogens (tertiary/aromatic N) is 2. The van der Waals surface area contributed by atoms with E-state index < -0.39 is 11.6 Å². The van der Waals surface area contributed by atoms with Crippen molar-refractivity contribution in [3.8, 4) is 0 Å². The van der Waals surface area contributed by atoms with E-state index in [1.165, 1.54) is 4.88 Å². The van der Waals surface area contributed by atoms with Crippen molar-refractivity contribution in [2.75, 3.05) is 13.1 Å². The van der Waals surface area contributed by atoms with Crippen LogP contribution < -0.4 is 5.32 Å². The molecule has 1 N–H and O–H groups in total. The van der Waals surface area contributed by atoms with Crippen molar-refractivity contribution in [3.05, 3.63) is 21.9 Å². The third-order valence-corrected chi connectivity index (χ3v) is 7.03. The van der Waals surface area contributed by atoms with Crippen LogP contribution >= 0.6 is 11.3 Å². The van der Waals surface area contributed by atoms with Crippen LogP contribution in [0, 0.1) is 0 Å². The molecule has 0 saturated carbocycles. The van der Waals surface area contributed by atoms with Crippen molar-refractivity contribution in [2.24, 2.45) is 0 Å². The number of aryl methyl sites for hydroxylation is 1. The van der Waals surface area contributed by atoms with Gasteiger partial charge in [0, 0.05) is 23.0 Å². The molecule has 3 aliphatic rings. The Morgan fingerprint density at radius 2 is 2.19 bits per heavy atom. The second-order valence-corrected chi connectivity index (χ2v) is 8.48. The Labute approximate surface area is 157 Å². The van der Waals surface area contributed by atoms with Crippen molar-refractivity contribution in [1.82, 2.24) is 15.1 Å². The van der Waals surface area contributed by atoms with Gasteiger partial charge in [0.25, 0.3) is 5.91 Å². The number of thiophene rings is 1. The molecular formula is C19H25N3O3S. The summed E-state index contributed by atoms with van der Waals surface area (Å²) in [6.45, 7) is 2.66. The minimum atomic E-state index is -0.961. The average molecular weight is 375 g/mol. The first kappa shape index (κ1) is 17.5. The van der Waals surface area contributed by atoms with Gasteiger partial charge in [0.15, 0.2) is 0 Å². The number of likely N-dealkylation sites (tertiary alicyclic amines) is 1. The van der Waals surface area contributed by atoms with E-state index in [1.54, 1.807) is 11.3 Å². The van der Waals surface area contributed by atoms with E-state index in [2.05, 4.69) is 12.2 Å². The van der Waals surface area contributed by atoms with Gasteiger partial charge in [0.2, 0.25) is 5.91 Å². The number of rotatable bonds is 3. The van der Waals surface area contributed by atoms with Crippen LogP contribution in [0.3, 0.4) is 0 Å². The third-order valence-electron chi connectivity index (χ3n) is 6.05. The molecule has 6 nitrogen and oxygen atoms in total. The van der Waals surface area contributed by atoms with E-state index >= 15 is 0 Å². The number of fused-ring (bicyclic) bond motifs is 2. The molecule has 2 atom stereocenters. The summed E-state index contributed by atoms with van der Waals surface area (Å²) in [7, 11) is 0. The third kappa shape index (κ3) is 2.64. The number of piperidine rings is 1. The van der Waals surface area contributed by atoms with Gasteiger partial charge >= 0.3 is 6.03 Å². The smallest absolute Gasteiger partial charge is 0.325 e. The average Bonchev–Trinajstić information content (AvgIpc) is 3.22. The summed E-state index contributed by atoms with van der Waals surface area (Å²) < 4.78 is 0. The monoisotopic (exact) mass is 375 g/mol. The highest BCUT2D eigenvalue weighted by molar-refractivity contribution is 7.10. The van der Waals surface area contributed by atoms with E-state index in [0.29, 0.717) is 6.42 Å². The molecular weight excluding hydrogens is 350 g/mol. The summed E-state index contributed by atoms with van der Waals surface area (Å²) >= 11 is 1.63. The molecule has 0 radical (unpaired) electrons. The number of imide groups is 1. The maximum absolute atomic E-state index is 13.2. The number of amides is 4. The van der Waals surface area contributed by atoms with Gasteiger partial charge in [-0.2, -0.15) is 0 Å². The molecule has 4 amide bonds. The van der Waals surface area contributed by atoms with Crippen LogP contribution in [0.4, 0.5) is 4.79 Å². The van der Waals surface area contributed by atoms with E-state index in [4.69, 9.17) is 0 Å². The van der Waals surface area contributed by atoms with Gasteiger partial charge in [0.1, 0.15) is 12.1 Å². The zero-order valence-corrected chi connectivity index (χ0v) is 15.9. The van der Waals surface area contributed by atoms with Crippen LogP contribution in [0.1, 0.15) is 55.9 Å². The normalized spacial score (nSPS) is 28.4. The molecule has 1 spiro atoms. The molecule has 140 valence electrons. The molecule has 3 heterocycles. The molecule has 2 aliphatic heterocycles. The van der Waals surface area contributed by atoms with E-state index in [9.17, 15) is 14.4 Å². The number of hydrogen-bond acceptors (Lipinski definition) is 4. The highest BCUT2D eigenvalue weighted by Gasteiger charge is 2.54. The molecule has 7 heteroatoms. The molecule has 26 heavy (non-hydrogen) atoms. The Morgan fingerprint density at radius 1 is 1.35 bits per heavy atom. The number of nitrogens with one attached hydrogen (secondary N) is 1. The first-order valence-corrected chi connectivity index (χ1v) is 10.4. The van der Waals surface area contributed by atoms with Crippen LogP contribution in [-0.4, -0.2) is 46.8 Å². The van der Waals surface area contributed by atoms with Crippen molar-refractivity contribution < 1.29 is 14.4 Å². The molecule has 2 saturated heterocycles. The van der Waals surface area contributed by atoms with Crippen molar-refractivity contribution in [2.45, 2.75) is 63.5 Å². The highest BCUT2D eigenvalue weighted by Crippen LogP contribution is 2.42. The zero-order chi connectivity index (χ0) is 18.3. The van der Waals surface area contributed by atoms with Gasteiger partial charge in [-0.25, -0.2) is 4.79 Å². The predicted molar refractivity (Wildman–Crippen MR) is 98.8 cm³/mol. The van der Waals surface area contributed by atoms with Crippen molar-refractivity contribution in [3.63, 3.8) is 0 Å². The summed E-state index contributed by atoms with van der Waals surface area (Å²) in [5.74, 6) is -0.376. The molecule has 1 aromatic rings. The van der Waals surface area contributed by atoms with Crippen LogP contribution in [0.25, 0.3) is 0 Å². The molecule has 0 unspecified atom stereocenters. The van der Waals surface area contributed by atoms with Gasteiger partial charge in [-0.3, -0.25) is 14.5 Å². The summed E-state index contributed by atoms with van der Waals surface area (Å²) in [4.78, 5) is 42.8. The van der Waals surface area contributed by atoms with E-state index in [-0.39, 0.29) is 24.4 Å². The van der Waals surface area contributed by atoms with E-state index in [0.717, 1.165) is 55.5 Å². The maximum atomic E-state index is 13.2. The lowest BCUT2D eigenvalue weighted by atomic mass is 9.80. The molecule has 1 aliphatic carbocycles. The zero-order valence-electron chi connectivity index (χ0n) is 15.1. The Morgan fingerprint density at radius 3 is 3.00 bits per heavy atom. The fourth-order valence-corrected chi connectivity index (χ4v) is 5.66. The Hall–Kier alpha value is -1.89. The molecule has 0 aromatic carbocycles. The predicted octanol–water partition coefficient (Wildman–Crippen LogP) is 2.62. The summed E-state index contributed by atoms with van der Waals surface area (Å²) in [5.41, 5.74) is -0.0387. The number of carbonyl (C=O) groups is 3.